The Labute approximate surface area is 149 Å². The van der Waals surface area contributed by atoms with Crippen LogP contribution in [0.2, 0.25) is 0 Å². The van der Waals surface area contributed by atoms with Gasteiger partial charge in [-0.3, -0.25) is 0 Å². The van der Waals surface area contributed by atoms with Crippen LogP contribution in [-0.2, 0) is 5.41 Å². The molecule has 0 fully saturated rings. The molecule has 1 aromatic rings. The van der Waals surface area contributed by atoms with Gasteiger partial charge in [0, 0.05) is 0 Å². The van der Waals surface area contributed by atoms with Crippen LogP contribution in [-0.4, -0.2) is 0 Å². The van der Waals surface area contributed by atoms with Gasteiger partial charge >= 0.3 is 58.2 Å². The number of hydrogen-bond donors (Lipinski definition) is 0. The van der Waals surface area contributed by atoms with Crippen molar-refractivity contribution in [2.45, 2.75) is 40.0 Å². The fourth-order valence-corrected chi connectivity index (χ4v) is 1.74. The van der Waals surface area contributed by atoms with Crippen LogP contribution in [0.4, 0.5) is 5.69 Å². The number of fused-ring (bicyclic) bond motifs is 1. The molecule has 16 heavy (non-hydrogen) atoms. The van der Waals surface area contributed by atoms with Gasteiger partial charge in [-0.1, -0.05) is 57.0 Å². The second-order valence-corrected chi connectivity index (χ2v) is 4.15. The van der Waals surface area contributed by atoms with Crippen molar-refractivity contribution in [3.63, 3.8) is 0 Å². The van der Waals surface area contributed by atoms with E-state index in [2.05, 4.69) is 50.9 Å². The molecule has 0 atom stereocenters. The summed E-state index contributed by atoms with van der Waals surface area (Å²) in [7, 11) is 0. The summed E-state index contributed by atoms with van der Waals surface area (Å²) in [6, 6.07) is 6.32. The summed E-state index contributed by atoms with van der Waals surface area (Å²) in [5, 5.41) is 4.51. The molecule has 0 unspecified atom stereocenters. The summed E-state index contributed by atoms with van der Waals surface area (Å²) in [5.41, 5.74) is 4.65. The minimum absolute atomic E-state index is 0. The number of hydrogen-bond acceptors (Lipinski definition) is 0. The molecular formula is C14H20NRb. The second-order valence-electron chi connectivity index (χ2n) is 4.15. The van der Waals surface area contributed by atoms with Gasteiger partial charge < -0.3 is 5.32 Å². The van der Waals surface area contributed by atoms with E-state index in [-0.39, 0.29) is 63.6 Å². The molecule has 0 aliphatic carbocycles. The van der Waals surface area contributed by atoms with Gasteiger partial charge in [0.15, 0.2) is 0 Å². The van der Waals surface area contributed by atoms with E-state index in [0.29, 0.717) is 0 Å². The van der Waals surface area contributed by atoms with E-state index in [0.717, 1.165) is 11.4 Å². The first-order valence-electron chi connectivity index (χ1n) is 5.54. The predicted molar refractivity (Wildman–Crippen MR) is 67.7 cm³/mol. The molecule has 0 radical (unpaired) electrons. The standard InChI is InChI=1S/C12H14N.C2H6.Rb/c1-8-6-5-7-10-11(8)13-9(2)12(10,3)4;1-2;/h5-7H,2H2,1,3-4H3;1-2H3;/q-1;;+1. The van der Waals surface area contributed by atoms with Gasteiger partial charge in [-0.25, -0.2) is 0 Å². The molecule has 1 nitrogen and oxygen atoms in total. The maximum Gasteiger partial charge on any atom is 1.00 e. The van der Waals surface area contributed by atoms with Crippen LogP contribution < -0.4 is 58.2 Å². The third kappa shape index (κ3) is 2.87. The van der Waals surface area contributed by atoms with Crippen LogP contribution in [0.3, 0.4) is 0 Å². The molecule has 82 valence electrons. The molecule has 0 N–H and O–H groups in total. The Balaban J connectivity index is 0.000000711. The van der Waals surface area contributed by atoms with Crippen molar-refractivity contribution < 1.29 is 58.2 Å². The second kappa shape index (κ2) is 6.48. The Hall–Kier alpha value is 0.565. The van der Waals surface area contributed by atoms with Crippen molar-refractivity contribution in [3.8, 4) is 0 Å². The first-order valence-corrected chi connectivity index (χ1v) is 5.54. The fourth-order valence-electron chi connectivity index (χ4n) is 1.74. The van der Waals surface area contributed by atoms with Gasteiger partial charge in [0.25, 0.3) is 0 Å². The smallest absolute Gasteiger partial charge is 0.661 e. The summed E-state index contributed by atoms with van der Waals surface area (Å²) >= 11 is 0. The van der Waals surface area contributed by atoms with E-state index in [1.54, 1.807) is 0 Å². The number of aryl methyl sites for hydroxylation is 1. The molecule has 0 amide bonds. The number of para-hydroxylation sites is 1. The van der Waals surface area contributed by atoms with Gasteiger partial charge in [-0.05, 0) is 12.3 Å². The third-order valence-electron chi connectivity index (χ3n) is 2.88. The number of nitrogens with zero attached hydrogens (tertiary/aromatic N) is 1. The molecule has 1 heterocycles. The largest absolute Gasteiger partial charge is 1.00 e. The van der Waals surface area contributed by atoms with E-state index in [4.69, 9.17) is 0 Å². The van der Waals surface area contributed by atoms with Gasteiger partial charge in [0.05, 0.1) is 0 Å². The minimum Gasteiger partial charge on any atom is -0.661 e. The molecule has 0 saturated heterocycles. The Bertz CT molecular complexity index is 380. The average molecular weight is 288 g/mol. The van der Waals surface area contributed by atoms with Crippen molar-refractivity contribution >= 4 is 5.69 Å². The van der Waals surface area contributed by atoms with Crippen molar-refractivity contribution in [1.29, 1.82) is 0 Å². The normalized spacial score (nSPS) is 15.2. The summed E-state index contributed by atoms with van der Waals surface area (Å²) < 4.78 is 0. The first-order chi connectivity index (χ1) is 7.03. The average Bonchev–Trinajstić information content (AvgIpc) is 2.45. The molecule has 0 saturated carbocycles. The molecule has 0 bridgehead atoms. The zero-order valence-electron chi connectivity index (χ0n) is 11.4. The van der Waals surface area contributed by atoms with Gasteiger partial charge in [0.2, 0.25) is 0 Å². The van der Waals surface area contributed by atoms with Crippen molar-refractivity contribution in [2.24, 2.45) is 0 Å². The molecule has 2 rings (SSSR count). The Morgan fingerprint density at radius 2 is 1.75 bits per heavy atom. The van der Waals surface area contributed by atoms with Gasteiger partial charge in [0.1, 0.15) is 0 Å². The predicted octanol–water partition coefficient (Wildman–Crippen LogP) is 1.84. The topological polar surface area (TPSA) is 14.1 Å². The van der Waals surface area contributed by atoms with E-state index in [1.807, 2.05) is 13.8 Å². The first kappa shape index (κ1) is 16.6. The number of rotatable bonds is 0. The minimum atomic E-state index is 0. The Kier molecular flexibility index (Phi) is 6.71. The molecule has 2 heteroatoms. The Morgan fingerprint density at radius 1 is 1.19 bits per heavy atom. The monoisotopic (exact) mass is 287 g/mol. The van der Waals surface area contributed by atoms with Crippen LogP contribution in [0.5, 0.6) is 0 Å². The number of allylic oxidation sites excluding steroid dienone is 1. The summed E-state index contributed by atoms with van der Waals surface area (Å²) in [6.45, 7) is 14.4. The van der Waals surface area contributed by atoms with Crippen LogP contribution in [0.15, 0.2) is 30.5 Å². The Morgan fingerprint density at radius 3 is 2.25 bits per heavy atom. The maximum absolute atomic E-state index is 4.51. The van der Waals surface area contributed by atoms with Crippen LogP contribution in [0, 0.1) is 6.92 Å². The summed E-state index contributed by atoms with van der Waals surface area (Å²) in [5.74, 6) is 0. The summed E-state index contributed by atoms with van der Waals surface area (Å²) in [4.78, 5) is 0. The molecule has 1 aliphatic rings. The van der Waals surface area contributed by atoms with Crippen LogP contribution >= 0.6 is 0 Å². The van der Waals surface area contributed by atoms with Crippen LogP contribution in [0.1, 0.15) is 38.8 Å². The van der Waals surface area contributed by atoms with E-state index >= 15 is 0 Å². The van der Waals surface area contributed by atoms with Gasteiger partial charge in [-0.2, -0.15) is 5.70 Å². The van der Waals surface area contributed by atoms with Gasteiger partial charge in [-0.15, -0.1) is 12.3 Å². The summed E-state index contributed by atoms with van der Waals surface area (Å²) in [6.07, 6.45) is 0. The molecule has 0 spiro atoms. The zero-order valence-corrected chi connectivity index (χ0v) is 16.3. The quantitative estimate of drug-likeness (QED) is 0.691. The van der Waals surface area contributed by atoms with Crippen molar-refractivity contribution in [3.05, 3.63) is 46.9 Å². The van der Waals surface area contributed by atoms with Crippen molar-refractivity contribution in [2.75, 3.05) is 0 Å². The fraction of sp³-hybridized carbons (Fsp3) is 0.429. The van der Waals surface area contributed by atoms with Crippen LogP contribution in [0.25, 0.3) is 5.32 Å². The molecular weight excluding hydrogens is 268 g/mol. The zero-order chi connectivity index (χ0) is 11.6. The molecule has 1 aliphatic heterocycles. The SMILES string of the molecule is C=C1[N-]c2c(C)cccc2C1(C)C.CC.[Rb+]. The number of benzene rings is 1. The van der Waals surface area contributed by atoms with E-state index in [1.165, 1.54) is 11.1 Å². The van der Waals surface area contributed by atoms with E-state index < -0.39 is 0 Å². The van der Waals surface area contributed by atoms with E-state index in [9.17, 15) is 0 Å². The third-order valence-corrected chi connectivity index (χ3v) is 2.88. The van der Waals surface area contributed by atoms with Crippen molar-refractivity contribution in [1.82, 2.24) is 0 Å². The molecule has 0 aromatic heterocycles. The molecule has 1 aromatic carbocycles. The maximum atomic E-state index is 4.51.